The Labute approximate surface area is 107 Å². The molecular weight excluding hydrogens is 248 g/mol. The van der Waals surface area contributed by atoms with Gasteiger partial charge in [0.1, 0.15) is 0 Å². The third-order valence-corrected chi connectivity index (χ3v) is 3.64. The number of carboxylic acid groups (broad SMARTS) is 1. The third kappa shape index (κ3) is 1.68. The van der Waals surface area contributed by atoms with Crippen LogP contribution in [0.25, 0.3) is 11.0 Å². The zero-order valence-electron chi connectivity index (χ0n) is 10.3. The second-order valence-corrected chi connectivity index (χ2v) is 5.13. The number of benzene rings is 1. The van der Waals surface area contributed by atoms with Gasteiger partial charge < -0.3 is 10.1 Å². The number of hydrogen-bond acceptors (Lipinski definition) is 3. The van der Waals surface area contributed by atoms with Crippen molar-refractivity contribution in [3.8, 4) is 0 Å². The SMILES string of the molecule is CC1(n2c(=O)c(=O)[nH]c3cc(C(=O)O)ccc32)CC1. The lowest BCUT2D eigenvalue weighted by Crippen LogP contribution is -2.40. The number of hydrogen-bond donors (Lipinski definition) is 2. The Kier molecular flexibility index (Phi) is 2.20. The third-order valence-electron chi connectivity index (χ3n) is 3.64. The highest BCUT2D eigenvalue weighted by Gasteiger charge is 2.41. The first-order valence-electron chi connectivity index (χ1n) is 5.95. The average molecular weight is 260 g/mol. The summed E-state index contributed by atoms with van der Waals surface area (Å²) in [6, 6.07) is 4.38. The van der Waals surface area contributed by atoms with Crippen LogP contribution in [-0.4, -0.2) is 20.6 Å². The lowest BCUT2D eigenvalue weighted by atomic mass is 10.1. The standard InChI is InChI=1S/C13H12N2O4/c1-13(4-5-13)15-9-3-2-7(12(18)19)6-8(9)14-10(16)11(15)17/h2-3,6H,4-5H2,1H3,(H,14,16)(H,18,19). The first-order chi connectivity index (χ1) is 8.92. The van der Waals surface area contributed by atoms with Crippen molar-refractivity contribution in [1.82, 2.24) is 9.55 Å². The van der Waals surface area contributed by atoms with E-state index >= 15 is 0 Å². The highest BCUT2D eigenvalue weighted by atomic mass is 16.4. The molecule has 1 aliphatic rings. The normalized spacial score (nSPS) is 16.5. The van der Waals surface area contributed by atoms with Gasteiger partial charge in [0.15, 0.2) is 0 Å². The molecule has 2 N–H and O–H groups in total. The van der Waals surface area contributed by atoms with Crippen LogP contribution in [0.4, 0.5) is 0 Å². The number of fused-ring (bicyclic) bond motifs is 1. The molecule has 0 amide bonds. The molecule has 0 radical (unpaired) electrons. The molecule has 98 valence electrons. The molecule has 0 bridgehead atoms. The van der Waals surface area contributed by atoms with Crippen molar-refractivity contribution in [2.24, 2.45) is 0 Å². The lowest BCUT2D eigenvalue weighted by Gasteiger charge is -2.16. The number of nitrogens with zero attached hydrogens (tertiary/aromatic N) is 1. The Hall–Kier alpha value is -2.37. The smallest absolute Gasteiger partial charge is 0.335 e. The molecule has 6 nitrogen and oxygen atoms in total. The number of H-pyrrole nitrogens is 1. The minimum Gasteiger partial charge on any atom is -0.478 e. The van der Waals surface area contributed by atoms with Crippen molar-refractivity contribution in [2.45, 2.75) is 25.3 Å². The molecule has 2 aromatic rings. The Bertz CT molecular complexity index is 811. The van der Waals surface area contributed by atoms with Gasteiger partial charge in [0.25, 0.3) is 0 Å². The van der Waals surface area contributed by atoms with Crippen LogP contribution < -0.4 is 11.1 Å². The number of rotatable bonds is 2. The molecule has 0 saturated heterocycles. The number of carbonyl (C=O) groups is 1. The monoisotopic (exact) mass is 260 g/mol. The van der Waals surface area contributed by atoms with Gasteiger partial charge in [-0.25, -0.2) is 4.79 Å². The van der Waals surface area contributed by atoms with E-state index in [-0.39, 0.29) is 11.1 Å². The van der Waals surface area contributed by atoms with Crippen LogP contribution in [0.15, 0.2) is 27.8 Å². The molecule has 6 heteroatoms. The van der Waals surface area contributed by atoms with E-state index in [0.717, 1.165) is 12.8 Å². The quantitative estimate of drug-likeness (QED) is 0.784. The van der Waals surface area contributed by atoms with Crippen molar-refractivity contribution in [3.63, 3.8) is 0 Å². The maximum absolute atomic E-state index is 12.0. The number of nitrogens with one attached hydrogen (secondary N) is 1. The minimum atomic E-state index is -1.07. The van der Waals surface area contributed by atoms with Crippen molar-refractivity contribution in [3.05, 3.63) is 44.5 Å². The number of aromatic carboxylic acids is 1. The van der Waals surface area contributed by atoms with Crippen molar-refractivity contribution in [1.29, 1.82) is 0 Å². The van der Waals surface area contributed by atoms with Gasteiger partial charge in [-0.2, -0.15) is 0 Å². The summed E-state index contributed by atoms with van der Waals surface area (Å²) < 4.78 is 1.48. The van der Waals surface area contributed by atoms with Crippen molar-refractivity contribution in [2.75, 3.05) is 0 Å². The fourth-order valence-corrected chi connectivity index (χ4v) is 2.29. The molecule has 1 heterocycles. The zero-order valence-corrected chi connectivity index (χ0v) is 10.3. The van der Waals surface area contributed by atoms with Crippen LogP contribution >= 0.6 is 0 Å². The summed E-state index contributed by atoms with van der Waals surface area (Å²) in [5.41, 5.74) is -0.616. The zero-order chi connectivity index (χ0) is 13.8. The molecule has 1 aromatic carbocycles. The molecule has 1 aliphatic carbocycles. The maximum Gasteiger partial charge on any atom is 0.335 e. The van der Waals surface area contributed by atoms with Gasteiger partial charge >= 0.3 is 17.1 Å². The predicted octanol–water partition coefficient (Wildman–Crippen LogP) is 0.897. The van der Waals surface area contributed by atoms with E-state index in [0.29, 0.717) is 11.0 Å². The fraction of sp³-hybridized carbons (Fsp3) is 0.308. The van der Waals surface area contributed by atoms with Gasteiger partial charge in [-0.15, -0.1) is 0 Å². The number of carboxylic acids is 1. The Morgan fingerprint density at radius 1 is 1.37 bits per heavy atom. The molecule has 0 atom stereocenters. The molecule has 3 rings (SSSR count). The molecule has 0 unspecified atom stereocenters. The predicted molar refractivity (Wildman–Crippen MR) is 68.7 cm³/mol. The molecule has 1 fully saturated rings. The first-order valence-corrected chi connectivity index (χ1v) is 5.95. The van der Waals surface area contributed by atoms with Gasteiger partial charge in [0.05, 0.1) is 16.6 Å². The molecule has 0 spiro atoms. The molecule has 1 saturated carbocycles. The van der Waals surface area contributed by atoms with Gasteiger partial charge in [-0.3, -0.25) is 14.2 Å². The van der Waals surface area contributed by atoms with Crippen molar-refractivity contribution >= 4 is 17.0 Å². The van der Waals surface area contributed by atoms with Crippen LogP contribution in [0.2, 0.25) is 0 Å². The highest BCUT2D eigenvalue weighted by Crippen LogP contribution is 2.42. The van der Waals surface area contributed by atoms with Gasteiger partial charge in [-0.05, 0) is 38.0 Å². The summed E-state index contributed by atoms with van der Waals surface area (Å²) in [6.45, 7) is 1.92. The molecular formula is C13H12N2O4. The van der Waals surface area contributed by atoms with E-state index < -0.39 is 17.1 Å². The Morgan fingerprint density at radius 3 is 2.63 bits per heavy atom. The summed E-state index contributed by atoms with van der Waals surface area (Å²) in [6.07, 6.45) is 1.68. The second kappa shape index (κ2) is 3.57. The summed E-state index contributed by atoms with van der Waals surface area (Å²) in [4.78, 5) is 37.0. The van der Waals surface area contributed by atoms with Gasteiger partial charge in [-0.1, -0.05) is 0 Å². The van der Waals surface area contributed by atoms with Gasteiger partial charge in [0.2, 0.25) is 0 Å². The van der Waals surface area contributed by atoms with E-state index in [1.165, 1.54) is 16.7 Å². The molecule has 1 aromatic heterocycles. The van der Waals surface area contributed by atoms with E-state index in [9.17, 15) is 14.4 Å². The van der Waals surface area contributed by atoms with Crippen molar-refractivity contribution < 1.29 is 9.90 Å². The fourth-order valence-electron chi connectivity index (χ4n) is 2.29. The van der Waals surface area contributed by atoms with E-state index in [4.69, 9.17) is 5.11 Å². The lowest BCUT2D eigenvalue weighted by molar-refractivity contribution is 0.0697. The largest absolute Gasteiger partial charge is 0.478 e. The number of aromatic nitrogens is 2. The second-order valence-electron chi connectivity index (χ2n) is 5.13. The topological polar surface area (TPSA) is 92.2 Å². The van der Waals surface area contributed by atoms with E-state index in [1.807, 2.05) is 6.92 Å². The Balaban J connectivity index is 2.42. The maximum atomic E-state index is 12.0. The summed E-state index contributed by atoms with van der Waals surface area (Å²) >= 11 is 0. The van der Waals surface area contributed by atoms with Crippen LogP contribution in [0.1, 0.15) is 30.1 Å². The van der Waals surface area contributed by atoms with Crippen LogP contribution in [0.5, 0.6) is 0 Å². The van der Waals surface area contributed by atoms with Crippen LogP contribution in [0.3, 0.4) is 0 Å². The Morgan fingerprint density at radius 2 is 2.05 bits per heavy atom. The summed E-state index contributed by atoms with van der Waals surface area (Å²) in [5.74, 6) is -1.07. The minimum absolute atomic E-state index is 0.0781. The first kappa shape index (κ1) is 11.7. The highest BCUT2D eigenvalue weighted by molar-refractivity contribution is 5.92. The van der Waals surface area contributed by atoms with Gasteiger partial charge in [0, 0.05) is 5.54 Å². The van der Waals surface area contributed by atoms with Crippen LogP contribution in [-0.2, 0) is 5.54 Å². The van der Waals surface area contributed by atoms with E-state index in [2.05, 4.69) is 4.98 Å². The number of aromatic amines is 1. The summed E-state index contributed by atoms with van der Waals surface area (Å²) in [5, 5.41) is 8.95. The van der Waals surface area contributed by atoms with Crippen LogP contribution in [0, 0.1) is 0 Å². The average Bonchev–Trinajstić information content (AvgIpc) is 3.08. The molecule has 19 heavy (non-hydrogen) atoms. The summed E-state index contributed by atoms with van der Waals surface area (Å²) in [7, 11) is 0. The molecule has 0 aliphatic heterocycles. The van der Waals surface area contributed by atoms with E-state index in [1.54, 1.807) is 6.07 Å².